The molecule has 2 rings (SSSR count). The average Bonchev–Trinajstić information content (AvgIpc) is 2.47. The summed E-state index contributed by atoms with van der Waals surface area (Å²) in [4.78, 5) is 0. The van der Waals surface area contributed by atoms with E-state index in [0.717, 1.165) is 44.8 Å². The van der Waals surface area contributed by atoms with Crippen molar-refractivity contribution in [2.24, 2.45) is 5.92 Å². The molecular weight excluding hydrogens is 236 g/mol. The van der Waals surface area contributed by atoms with Crippen molar-refractivity contribution in [2.75, 3.05) is 13.2 Å². The maximum atomic E-state index is 9.44. The molecule has 0 heterocycles. The molecule has 0 bridgehead atoms. The maximum absolute atomic E-state index is 9.44. The van der Waals surface area contributed by atoms with E-state index >= 15 is 0 Å². The molecule has 0 aromatic rings. The van der Waals surface area contributed by atoms with Gasteiger partial charge in [0.2, 0.25) is 0 Å². The standard InChI is InChI=1S/C16H28N2O/c1-2-18-16(13-17)10-6-9-15(11-16)19-12-14-7-4-3-5-8-14/h14-15,18H,2-12H2,1H3. The van der Waals surface area contributed by atoms with Crippen LogP contribution in [0.5, 0.6) is 0 Å². The molecule has 0 aliphatic heterocycles. The Bertz CT molecular complexity index is 302. The Morgan fingerprint density at radius 1 is 1.21 bits per heavy atom. The van der Waals surface area contributed by atoms with Gasteiger partial charge in [-0.2, -0.15) is 5.26 Å². The number of nitrogens with one attached hydrogen (secondary N) is 1. The lowest BCUT2D eigenvalue weighted by Gasteiger charge is -2.37. The normalized spacial score (nSPS) is 32.9. The predicted molar refractivity (Wildman–Crippen MR) is 76.8 cm³/mol. The highest BCUT2D eigenvalue weighted by Crippen LogP contribution is 2.31. The summed E-state index contributed by atoms with van der Waals surface area (Å²) < 4.78 is 6.13. The Morgan fingerprint density at radius 2 is 2.00 bits per heavy atom. The molecule has 2 atom stereocenters. The van der Waals surface area contributed by atoms with Crippen LogP contribution in [0.4, 0.5) is 0 Å². The van der Waals surface area contributed by atoms with Crippen LogP contribution in [-0.2, 0) is 4.74 Å². The number of nitrogens with zero attached hydrogens (tertiary/aromatic N) is 1. The Morgan fingerprint density at radius 3 is 2.68 bits per heavy atom. The van der Waals surface area contributed by atoms with Gasteiger partial charge in [0, 0.05) is 13.0 Å². The SMILES string of the molecule is CCNC1(C#N)CCCC(OCC2CCCCC2)C1. The van der Waals surface area contributed by atoms with Gasteiger partial charge in [-0.3, -0.25) is 5.32 Å². The van der Waals surface area contributed by atoms with Gasteiger partial charge in [0.1, 0.15) is 5.54 Å². The summed E-state index contributed by atoms with van der Waals surface area (Å²) in [7, 11) is 0. The summed E-state index contributed by atoms with van der Waals surface area (Å²) in [5, 5.41) is 12.8. The number of nitriles is 1. The largest absolute Gasteiger partial charge is 0.378 e. The van der Waals surface area contributed by atoms with Gasteiger partial charge in [0.25, 0.3) is 0 Å². The van der Waals surface area contributed by atoms with Crippen molar-refractivity contribution >= 4 is 0 Å². The fourth-order valence-electron chi connectivity index (χ4n) is 3.63. The van der Waals surface area contributed by atoms with E-state index in [1.54, 1.807) is 0 Å². The fourth-order valence-corrected chi connectivity index (χ4v) is 3.63. The number of ether oxygens (including phenoxy) is 1. The molecule has 2 saturated carbocycles. The molecule has 19 heavy (non-hydrogen) atoms. The van der Waals surface area contributed by atoms with Crippen molar-refractivity contribution in [3.63, 3.8) is 0 Å². The molecule has 0 saturated heterocycles. The number of hydrogen-bond donors (Lipinski definition) is 1. The molecule has 2 aliphatic carbocycles. The van der Waals surface area contributed by atoms with E-state index in [1.165, 1.54) is 32.1 Å². The zero-order valence-electron chi connectivity index (χ0n) is 12.3. The Kier molecular flexibility index (Phi) is 5.66. The van der Waals surface area contributed by atoms with Crippen molar-refractivity contribution in [3.8, 4) is 6.07 Å². The van der Waals surface area contributed by atoms with Gasteiger partial charge in [-0.1, -0.05) is 26.2 Å². The first-order chi connectivity index (χ1) is 9.28. The van der Waals surface area contributed by atoms with Crippen molar-refractivity contribution in [2.45, 2.75) is 76.4 Å². The van der Waals surface area contributed by atoms with Crippen LogP contribution < -0.4 is 5.32 Å². The van der Waals surface area contributed by atoms with Gasteiger partial charge in [0.05, 0.1) is 12.2 Å². The van der Waals surface area contributed by atoms with Crippen LogP contribution in [0.3, 0.4) is 0 Å². The minimum Gasteiger partial charge on any atom is -0.378 e. The summed E-state index contributed by atoms with van der Waals surface area (Å²) in [6, 6.07) is 2.50. The van der Waals surface area contributed by atoms with Gasteiger partial charge in [-0.25, -0.2) is 0 Å². The van der Waals surface area contributed by atoms with Crippen LogP contribution >= 0.6 is 0 Å². The summed E-state index contributed by atoms with van der Waals surface area (Å²) in [5.74, 6) is 0.770. The second kappa shape index (κ2) is 7.26. The lowest BCUT2D eigenvalue weighted by Crippen LogP contribution is -2.49. The molecule has 108 valence electrons. The summed E-state index contributed by atoms with van der Waals surface area (Å²) in [5.41, 5.74) is -0.329. The zero-order valence-corrected chi connectivity index (χ0v) is 12.3. The third-order valence-electron chi connectivity index (χ3n) is 4.73. The molecular formula is C16H28N2O. The quantitative estimate of drug-likeness (QED) is 0.827. The van der Waals surface area contributed by atoms with E-state index in [-0.39, 0.29) is 11.6 Å². The molecule has 0 amide bonds. The molecule has 2 fully saturated rings. The van der Waals surface area contributed by atoms with E-state index in [0.29, 0.717) is 0 Å². The molecule has 0 aromatic heterocycles. The first-order valence-corrected chi connectivity index (χ1v) is 8.06. The van der Waals surface area contributed by atoms with Gasteiger partial charge >= 0.3 is 0 Å². The molecule has 2 aliphatic rings. The minimum absolute atomic E-state index is 0.286. The predicted octanol–water partition coefficient (Wildman–Crippen LogP) is 3.40. The lowest BCUT2D eigenvalue weighted by molar-refractivity contribution is -0.0137. The van der Waals surface area contributed by atoms with Crippen molar-refractivity contribution < 1.29 is 4.74 Å². The Labute approximate surface area is 117 Å². The van der Waals surface area contributed by atoms with Crippen LogP contribution in [0.25, 0.3) is 0 Å². The third kappa shape index (κ3) is 4.19. The van der Waals surface area contributed by atoms with Gasteiger partial charge < -0.3 is 4.74 Å². The number of rotatable bonds is 5. The molecule has 0 spiro atoms. The van der Waals surface area contributed by atoms with Crippen molar-refractivity contribution in [1.29, 1.82) is 5.26 Å². The van der Waals surface area contributed by atoms with Gasteiger partial charge in [0.15, 0.2) is 0 Å². The van der Waals surface area contributed by atoms with Crippen LogP contribution in [0.1, 0.15) is 64.7 Å². The monoisotopic (exact) mass is 264 g/mol. The molecule has 2 unspecified atom stereocenters. The molecule has 1 N–H and O–H groups in total. The van der Waals surface area contributed by atoms with Crippen molar-refractivity contribution in [1.82, 2.24) is 5.32 Å². The summed E-state index contributed by atoms with van der Waals surface area (Å²) >= 11 is 0. The highest BCUT2D eigenvalue weighted by molar-refractivity contribution is 5.10. The second-order valence-electron chi connectivity index (χ2n) is 6.28. The summed E-state index contributed by atoms with van der Waals surface area (Å²) in [6.45, 7) is 3.85. The average molecular weight is 264 g/mol. The molecule has 3 heteroatoms. The molecule has 0 radical (unpaired) electrons. The Balaban J connectivity index is 1.78. The van der Waals surface area contributed by atoms with E-state index in [9.17, 15) is 5.26 Å². The first kappa shape index (κ1) is 14.8. The third-order valence-corrected chi connectivity index (χ3v) is 4.73. The second-order valence-corrected chi connectivity index (χ2v) is 6.28. The van der Waals surface area contributed by atoms with Crippen LogP contribution in [-0.4, -0.2) is 24.8 Å². The summed E-state index contributed by atoms with van der Waals surface area (Å²) in [6.07, 6.45) is 11.2. The van der Waals surface area contributed by atoms with E-state index < -0.39 is 0 Å². The van der Waals surface area contributed by atoms with E-state index in [4.69, 9.17) is 4.74 Å². The molecule has 3 nitrogen and oxygen atoms in total. The van der Waals surface area contributed by atoms with Crippen LogP contribution in [0.15, 0.2) is 0 Å². The highest BCUT2D eigenvalue weighted by atomic mass is 16.5. The van der Waals surface area contributed by atoms with Crippen LogP contribution in [0.2, 0.25) is 0 Å². The smallest absolute Gasteiger partial charge is 0.109 e. The van der Waals surface area contributed by atoms with E-state index in [1.807, 2.05) is 0 Å². The topological polar surface area (TPSA) is 45.0 Å². The minimum atomic E-state index is -0.329. The Hall–Kier alpha value is -0.590. The maximum Gasteiger partial charge on any atom is 0.109 e. The molecule has 0 aromatic carbocycles. The lowest BCUT2D eigenvalue weighted by atomic mass is 9.81. The first-order valence-electron chi connectivity index (χ1n) is 8.06. The fraction of sp³-hybridized carbons (Fsp3) is 0.938. The van der Waals surface area contributed by atoms with Gasteiger partial charge in [-0.05, 0) is 44.6 Å². The number of hydrogen-bond acceptors (Lipinski definition) is 3. The van der Waals surface area contributed by atoms with Crippen molar-refractivity contribution in [3.05, 3.63) is 0 Å². The van der Waals surface area contributed by atoms with Crippen LogP contribution in [0, 0.1) is 17.2 Å². The highest BCUT2D eigenvalue weighted by Gasteiger charge is 2.36. The van der Waals surface area contributed by atoms with Gasteiger partial charge in [-0.15, -0.1) is 0 Å². The zero-order chi connectivity index (χ0) is 13.6. The van der Waals surface area contributed by atoms with E-state index in [2.05, 4.69) is 18.3 Å².